The van der Waals surface area contributed by atoms with Gasteiger partial charge in [-0.2, -0.15) is 0 Å². The molecule has 2 heteroatoms. The van der Waals surface area contributed by atoms with Gasteiger partial charge in [0.15, 0.2) is 0 Å². The zero-order chi connectivity index (χ0) is 9.52. The lowest BCUT2D eigenvalue weighted by atomic mass is 10.1. The van der Waals surface area contributed by atoms with Crippen LogP contribution in [0.4, 0.5) is 0 Å². The molecular formula is C11H18OS. The quantitative estimate of drug-likeness (QED) is 0.630. The summed E-state index contributed by atoms with van der Waals surface area (Å²) in [6, 6.07) is 0. The summed E-state index contributed by atoms with van der Waals surface area (Å²) >= 11 is 1.73. The van der Waals surface area contributed by atoms with Gasteiger partial charge in [0.2, 0.25) is 0 Å². The highest BCUT2D eigenvalue weighted by atomic mass is 32.1. The van der Waals surface area contributed by atoms with Crippen LogP contribution in [0.2, 0.25) is 0 Å². The van der Waals surface area contributed by atoms with E-state index in [1.54, 1.807) is 18.4 Å². The van der Waals surface area contributed by atoms with Crippen molar-refractivity contribution < 1.29 is 4.74 Å². The van der Waals surface area contributed by atoms with Crippen molar-refractivity contribution >= 4 is 11.3 Å². The number of rotatable bonds is 6. The number of aryl methyl sites for hydroxylation is 1. The topological polar surface area (TPSA) is 9.23 Å². The zero-order valence-corrected chi connectivity index (χ0v) is 9.32. The SMILES string of the molecule is CCCCCCc1cscc1OC. The predicted octanol–water partition coefficient (Wildman–Crippen LogP) is 3.88. The summed E-state index contributed by atoms with van der Waals surface area (Å²) in [5, 5.41) is 4.28. The highest BCUT2D eigenvalue weighted by molar-refractivity contribution is 7.08. The molecule has 1 aromatic heterocycles. The zero-order valence-electron chi connectivity index (χ0n) is 8.51. The van der Waals surface area contributed by atoms with E-state index < -0.39 is 0 Å². The Morgan fingerprint density at radius 2 is 2.08 bits per heavy atom. The maximum absolute atomic E-state index is 5.25. The summed E-state index contributed by atoms with van der Waals surface area (Å²) in [5.74, 6) is 1.07. The highest BCUT2D eigenvalue weighted by Gasteiger charge is 2.02. The Hall–Kier alpha value is -0.500. The van der Waals surface area contributed by atoms with E-state index >= 15 is 0 Å². The first-order chi connectivity index (χ1) is 6.38. The van der Waals surface area contributed by atoms with E-state index in [0.29, 0.717) is 0 Å². The summed E-state index contributed by atoms with van der Waals surface area (Å²) in [7, 11) is 1.75. The van der Waals surface area contributed by atoms with Crippen LogP contribution in [0.1, 0.15) is 38.2 Å². The van der Waals surface area contributed by atoms with Gasteiger partial charge < -0.3 is 4.74 Å². The predicted molar refractivity (Wildman–Crippen MR) is 58.7 cm³/mol. The Kier molecular flexibility index (Phi) is 4.91. The van der Waals surface area contributed by atoms with Gasteiger partial charge >= 0.3 is 0 Å². The fraction of sp³-hybridized carbons (Fsp3) is 0.636. The third-order valence-electron chi connectivity index (χ3n) is 2.22. The van der Waals surface area contributed by atoms with Crippen LogP contribution in [-0.2, 0) is 6.42 Å². The van der Waals surface area contributed by atoms with Gasteiger partial charge in [0.25, 0.3) is 0 Å². The lowest BCUT2D eigenvalue weighted by Gasteiger charge is -2.01. The minimum Gasteiger partial charge on any atom is -0.496 e. The summed E-state index contributed by atoms with van der Waals surface area (Å²) in [4.78, 5) is 0. The molecule has 74 valence electrons. The third-order valence-corrected chi connectivity index (χ3v) is 2.99. The lowest BCUT2D eigenvalue weighted by Crippen LogP contribution is -1.88. The van der Waals surface area contributed by atoms with E-state index in [1.165, 1.54) is 37.7 Å². The second-order valence-corrected chi connectivity index (χ2v) is 4.02. The van der Waals surface area contributed by atoms with Crippen LogP contribution >= 0.6 is 11.3 Å². The molecule has 1 heterocycles. The minimum absolute atomic E-state index is 1.07. The van der Waals surface area contributed by atoms with Crippen LogP contribution in [0.25, 0.3) is 0 Å². The van der Waals surface area contributed by atoms with Crippen molar-refractivity contribution in [2.24, 2.45) is 0 Å². The van der Waals surface area contributed by atoms with Gasteiger partial charge in [-0.1, -0.05) is 26.2 Å². The number of ether oxygens (including phenoxy) is 1. The molecule has 1 nitrogen and oxygen atoms in total. The van der Waals surface area contributed by atoms with Gasteiger partial charge in [0.05, 0.1) is 7.11 Å². The molecule has 13 heavy (non-hydrogen) atoms. The molecule has 0 saturated carbocycles. The number of unbranched alkanes of at least 4 members (excludes halogenated alkanes) is 3. The van der Waals surface area contributed by atoms with Crippen molar-refractivity contribution in [3.63, 3.8) is 0 Å². The van der Waals surface area contributed by atoms with Crippen molar-refractivity contribution in [2.75, 3.05) is 7.11 Å². The molecule has 0 spiro atoms. The maximum Gasteiger partial charge on any atom is 0.132 e. The second kappa shape index (κ2) is 6.03. The third kappa shape index (κ3) is 3.39. The highest BCUT2D eigenvalue weighted by Crippen LogP contribution is 2.24. The Labute approximate surface area is 84.7 Å². The minimum atomic E-state index is 1.07. The monoisotopic (exact) mass is 198 g/mol. The molecule has 0 aliphatic rings. The molecule has 0 N–H and O–H groups in total. The molecule has 0 aliphatic carbocycles. The fourth-order valence-electron chi connectivity index (χ4n) is 1.42. The molecule has 0 radical (unpaired) electrons. The maximum atomic E-state index is 5.25. The van der Waals surface area contributed by atoms with Crippen LogP contribution in [0, 0.1) is 0 Å². The fourth-order valence-corrected chi connectivity index (χ4v) is 2.25. The van der Waals surface area contributed by atoms with Crippen molar-refractivity contribution in [3.8, 4) is 5.75 Å². The van der Waals surface area contributed by atoms with Gasteiger partial charge in [0.1, 0.15) is 5.75 Å². The Morgan fingerprint density at radius 3 is 2.77 bits per heavy atom. The molecule has 0 atom stereocenters. The standard InChI is InChI=1S/C11H18OS/c1-3-4-5-6-7-10-8-13-9-11(10)12-2/h8-9H,3-7H2,1-2H3. The molecule has 1 rings (SSSR count). The largest absolute Gasteiger partial charge is 0.496 e. The van der Waals surface area contributed by atoms with Crippen LogP contribution in [-0.4, -0.2) is 7.11 Å². The summed E-state index contributed by atoms with van der Waals surface area (Å²) in [5.41, 5.74) is 1.38. The van der Waals surface area contributed by atoms with Crippen molar-refractivity contribution in [3.05, 3.63) is 16.3 Å². The Morgan fingerprint density at radius 1 is 1.23 bits per heavy atom. The number of methoxy groups -OCH3 is 1. The summed E-state index contributed by atoms with van der Waals surface area (Å²) in [6.45, 7) is 2.24. The normalized spacial score (nSPS) is 10.3. The van der Waals surface area contributed by atoms with Crippen LogP contribution < -0.4 is 4.74 Å². The smallest absolute Gasteiger partial charge is 0.132 e. The molecule has 1 aromatic rings. The van der Waals surface area contributed by atoms with Crippen LogP contribution in [0.5, 0.6) is 5.75 Å². The number of hydrogen-bond donors (Lipinski definition) is 0. The van der Waals surface area contributed by atoms with Gasteiger partial charge in [-0.15, -0.1) is 11.3 Å². The first kappa shape index (κ1) is 10.6. The van der Waals surface area contributed by atoms with Gasteiger partial charge in [-0.25, -0.2) is 0 Å². The van der Waals surface area contributed by atoms with Gasteiger partial charge in [-0.05, 0) is 18.2 Å². The first-order valence-corrected chi connectivity index (χ1v) is 5.91. The van der Waals surface area contributed by atoms with Crippen molar-refractivity contribution in [2.45, 2.75) is 39.0 Å². The van der Waals surface area contributed by atoms with E-state index in [1.807, 2.05) is 0 Å². The van der Waals surface area contributed by atoms with E-state index in [-0.39, 0.29) is 0 Å². The van der Waals surface area contributed by atoms with Gasteiger partial charge in [-0.3, -0.25) is 0 Å². The first-order valence-electron chi connectivity index (χ1n) is 4.97. The Balaban J connectivity index is 2.27. The molecule has 0 bridgehead atoms. The lowest BCUT2D eigenvalue weighted by molar-refractivity contribution is 0.411. The average Bonchev–Trinajstić information content (AvgIpc) is 2.60. The van der Waals surface area contributed by atoms with Crippen LogP contribution in [0.15, 0.2) is 10.8 Å². The summed E-state index contributed by atoms with van der Waals surface area (Å²) in [6.07, 6.45) is 6.47. The van der Waals surface area contributed by atoms with Gasteiger partial charge in [0, 0.05) is 10.9 Å². The number of hydrogen-bond acceptors (Lipinski definition) is 2. The second-order valence-electron chi connectivity index (χ2n) is 3.28. The van der Waals surface area contributed by atoms with Crippen molar-refractivity contribution in [1.82, 2.24) is 0 Å². The molecule has 0 unspecified atom stereocenters. The average molecular weight is 198 g/mol. The molecule has 0 aromatic carbocycles. The van der Waals surface area contributed by atoms with Crippen molar-refractivity contribution in [1.29, 1.82) is 0 Å². The molecule has 0 fully saturated rings. The number of thiophene rings is 1. The molecular weight excluding hydrogens is 180 g/mol. The van der Waals surface area contributed by atoms with E-state index in [9.17, 15) is 0 Å². The van der Waals surface area contributed by atoms with E-state index in [2.05, 4.69) is 17.7 Å². The Bertz CT molecular complexity index is 230. The molecule has 0 aliphatic heterocycles. The molecule has 0 saturated heterocycles. The van der Waals surface area contributed by atoms with Crippen LogP contribution in [0.3, 0.4) is 0 Å². The molecule has 0 amide bonds. The van der Waals surface area contributed by atoms with E-state index in [0.717, 1.165) is 5.75 Å². The van der Waals surface area contributed by atoms with E-state index in [4.69, 9.17) is 4.74 Å². The summed E-state index contributed by atoms with van der Waals surface area (Å²) < 4.78 is 5.25.